The van der Waals surface area contributed by atoms with Crippen LogP contribution in [0.2, 0.25) is 5.02 Å². The molecular formula is C31H35ClF2N6O4. The van der Waals surface area contributed by atoms with Gasteiger partial charge >= 0.3 is 12.1 Å². The van der Waals surface area contributed by atoms with E-state index in [-0.39, 0.29) is 31.6 Å². The van der Waals surface area contributed by atoms with E-state index in [4.69, 9.17) is 26.3 Å². The van der Waals surface area contributed by atoms with Gasteiger partial charge in [-0.05, 0) is 50.4 Å². The molecule has 0 saturated carbocycles. The minimum absolute atomic E-state index is 0.111. The molecule has 2 bridgehead atoms. The summed E-state index contributed by atoms with van der Waals surface area (Å²) < 4.78 is 34.5. The summed E-state index contributed by atoms with van der Waals surface area (Å²) in [6, 6.07) is 10.3. The number of carbonyl (C=O) groups is 1. The lowest BCUT2D eigenvalue weighted by molar-refractivity contribution is -0.109. The van der Waals surface area contributed by atoms with Crippen molar-refractivity contribution in [1.82, 2.24) is 19.8 Å². The predicted molar refractivity (Wildman–Crippen MR) is 162 cm³/mol. The molecule has 0 aliphatic carbocycles. The van der Waals surface area contributed by atoms with E-state index in [9.17, 15) is 23.8 Å². The third kappa shape index (κ3) is 4.87. The standard InChI is InChI=1S/C31H35ClF2N6O4/c1-37-11-4-7-19(37)17-44-29-35-23-15-38(24-9-3-6-18-5-2-8-22(32)26(18)24)12-10-21(23)27(36-29)39-14-20-13-31(43,28(33)34)25(16-39)40(20)30(41)42/h2-3,5-6,8-9,19-20,25,28,43H,4,7,10-17H2,1H3,(H,41,42)/t19-,20+,25+,31?/m0/s1. The van der Waals surface area contributed by atoms with Crippen LogP contribution in [-0.2, 0) is 13.0 Å². The van der Waals surface area contributed by atoms with Crippen molar-refractivity contribution in [3.05, 3.63) is 52.7 Å². The van der Waals surface area contributed by atoms with Crippen molar-refractivity contribution < 1.29 is 28.5 Å². The monoisotopic (exact) mass is 628 g/mol. The van der Waals surface area contributed by atoms with E-state index in [1.165, 1.54) is 0 Å². The number of piperazine rings is 1. The van der Waals surface area contributed by atoms with E-state index in [0.29, 0.717) is 37.0 Å². The molecule has 3 aromatic rings. The largest absolute Gasteiger partial charge is 0.465 e. The van der Waals surface area contributed by atoms with Crippen molar-refractivity contribution in [2.45, 2.75) is 62.4 Å². The molecule has 7 rings (SSSR count). The first-order chi connectivity index (χ1) is 21.1. The summed E-state index contributed by atoms with van der Waals surface area (Å²) in [5.74, 6) is 0.555. The quantitative estimate of drug-likeness (QED) is 0.414. The molecule has 13 heteroatoms. The van der Waals surface area contributed by atoms with Crippen molar-refractivity contribution in [2.75, 3.05) is 49.6 Å². The van der Waals surface area contributed by atoms with Gasteiger partial charge in [-0.1, -0.05) is 35.9 Å². The zero-order valence-corrected chi connectivity index (χ0v) is 25.1. The molecule has 1 amide bonds. The van der Waals surface area contributed by atoms with Gasteiger partial charge in [0, 0.05) is 48.7 Å². The number of hydrogen-bond donors (Lipinski definition) is 2. The summed E-state index contributed by atoms with van der Waals surface area (Å²) in [6.45, 7) is 2.54. The lowest BCUT2D eigenvalue weighted by atomic mass is 9.94. The normalized spacial score (nSPS) is 27.0. The van der Waals surface area contributed by atoms with Crippen LogP contribution < -0.4 is 14.5 Å². The van der Waals surface area contributed by atoms with Crippen LogP contribution in [0.25, 0.3) is 10.8 Å². The summed E-state index contributed by atoms with van der Waals surface area (Å²) in [5, 5.41) is 23.5. The van der Waals surface area contributed by atoms with Crippen molar-refractivity contribution in [3.63, 3.8) is 0 Å². The van der Waals surface area contributed by atoms with Gasteiger partial charge in [-0.2, -0.15) is 9.97 Å². The Morgan fingerprint density at radius 3 is 2.68 bits per heavy atom. The van der Waals surface area contributed by atoms with Crippen LogP contribution in [0, 0.1) is 0 Å². The minimum atomic E-state index is -3.08. The molecule has 4 atom stereocenters. The Balaban J connectivity index is 1.25. The summed E-state index contributed by atoms with van der Waals surface area (Å²) in [5.41, 5.74) is 0.199. The van der Waals surface area contributed by atoms with Crippen molar-refractivity contribution in [2.24, 2.45) is 0 Å². The number of halogens is 3. The van der Waals surface area contributed by atoms with Crippen LogP contribution in [0.4, 0.5) is 25.1 Å². The highest BCUT2D eigenvalue weighted by atomic mass is 35.5. The fourth-order valence-electron chi connectivity index (χ4n) is 7.56. The van der Waals surface area contributed by atoms with Crippen molar-refractivity contribution in [3.8, 4) is 6.01 Å². The number of likely N-dealkylation sites (N-methyl/N-ethyl adjacent to an activating group) is 1. The van der Waals surface area contributed by atoms with Crippen LogP contribution in [0.1, 0.15) is 30.5 Å². The van der Waals surface area contributed by atoms with E-state index >= 15 is 0 Å². The average Bonchev–Trinajstić information content (AvgIpc) is 3.50. The van der Waals surface area contributed by atoms with Gasteiger partial charge in [0.05, 0.1) is 29.3 Å². The van der Waals surface area contributed by atoms with Crippen LogP contribution in [0.3, 0.4) is 0 Å². The Kier molecular flexibility index (Phi) is 7.41. The molecule has 4 aliphatic heterocycles. The molecule has 1 aromatic heterocycles. The number of aromatic nitrogens is 2. The number of fused-ring (bicyclic) bond motifs is 4. The molecule has 0 spiro atoms. The van der Waals surface area contributed by atoms with E-state index < -0.39 is 30.2 Å². The zero-order valence-electron chi connectivity index (χ0n) is 24.4. The van der Waals surface area contributed by atoms with Crippen molar-refractivity contribution in [1.29, 1.82) is 0 Å². The number of hydrogen-bond acceptors (Lipinski definition) is 8. The maximum absolute atomic E-state index is 14.1. The molecule has 4 aliphatic rings. The number of nitrogens with zero attached hydrogens (tertiary/aromatic N) is 6. The number of rotatable bonds is 6. The van der Waals surface area contributed by atoms with Gasteiger partial charge < -0.3 is 29.6 Å². The molecule has 2 N–H and O–H groups in total. The van der Waals surface area contributed by atoms with Gasteiger partial charge in [-0.15, -0.1) is 0 Å². The SMILES string of the molecule is CN1CCC[C@H]1COc1nc2c(c(N3C[C@H]4CC(O)(C(F)F)[C@@H](C3)N4C(=O)O)n1)CCN(c1cccc3cccc(Cl)c13)C2. The summed E-state index contributed by atoms with van der Waals surface area (Å²) in [7, 11) is 2.06. The van der Waals surface area contributed by atoms with Crippen LogP contribution >= 0.6 is 11.6 Å². The van der Waals surface area contributed by atoms with Gasteiger partial charge in [-0.3, -0.25) is 4.90 Å². The molecule has 234 valence electrons. The van der Waals surface area contributed by atoms with E-state index in [1.54, 1.807) is 0 Å². The maximum atomic E-state index is 14.1. The number of benzene rings is 2. The van der Waals surface area contributed by atoms with Crippen LogP contribution in [0.15, 0.2) is 36.4 Å². The fourth-order valence-corrected chi connectivity index (χ4v) is 7.84. The van der Waals surface area contributed by atoms with Crippen LogP contribution in [0.5, 0.6) is 6.01 Å². The highest BCUT2D eigenvalue weighted by Crippen LogP contribution is 2.44. The van der Waals surface area contributed by atoms with Gasteiger partial charge in [0.15, 0.2) is 0 Å². The van der Waals surface area contributed by atoms with E-state index in [1.807, 2.05) is 41.3 Å². The third-order valence-electron chi connectivity index (χ3n) is 9.86. The summed E-state index contributed by atoms with van der Waals surface area (Å²) in [6.07, 6.45) is -2.05. The molecule has 44 heavy (non-hydrogen) atoms. The van der Waals surface area contributed by atoms with Crippen LogP contribution in [-0.4, -0.2) is 106 Å². The van der Waals surface area contributed by atoms with Crippen molar-refractivity contribution >= 4 is 40.0 Å². The molecule has 0 radical (unpaired) electrons. The Bertz CT molecular complexity index is 1590. The average molecular weight is 629 g/mol. The van der Waals surface area contributed by atoms with E-state index in [0.717, 1.165) is 52.0 Å². The lowest BCUT2D eigenvalue weighted by Gasteiger charge is -2.43. The first-order valence-corrected chi connectivity index (χ1v) is 15.4. The Morgan fingerprint density at radius 1 is 1.16 bits per heavy atom. The topological polar surface area (TPSA) is 106 Å². The van der Waals surface area contributed by atoms with E-state index in [2.05, 4.69) is 16.8 Å². The Morgan fingerprint density at radius 2 is 1.95 bits per heavy atom. The maximum Gasteiger partial charge on any atom is 0.408 e. The first kappa shape index (κ1) is 29.2. The zero-order chi connectivity index (χ0) is 30.7. The second-order valence-corrected chi connectivity index (χ2v) is 12.8. The smallest absolute Gasteiger partial charge is 0.408 e. The molecule has 2 aromatic carbocycles. The number of carboxylic acid groups (broad SMARTS) is 1. The molecule has 3 saturated heterocycles. The summed E-state index contributed by atoms with van der Waals surface area (Å²) >= 11 is 6.66. The Hall–Kier alpha value is -3.48. The molecule has 5 heterocycles. The first-order valence-electron chi connectivity index (χ1n) is 15.1. The number of aliphatic hydroxyl groups is 1. The Labute approximate surface area is 258 Å². The van der Waals surface area contributed by atoms with Gasteiger partial charge in [0.25, 0.3) is 6.43 Å². The highest BCUT2D eigenvalue weighted by molar-refractivity contribution is 6.36. The second kappa shape index (κ2) is 11.1. The number of amides is 1. The molecule has 3 fully saturated rings. The predicted octanol–water partition coefficient (Wildman–Crippen LogP) is 4.26. The number of anilines is 2. The van der Waals surface area contributed by atoms with Gasteiger partial charge in [-0.25, -0.2) is 13.6 Å². The lowest BCUT2D eigenvalue weighted by Crippen LogP contribution is -2.61. The molecule has 10 nitrogen and oxygen atoms in total. The minimum Gasteiger partial charge on any atom is -0.465 e. The molecular weight excluding hydrogens is 594 g/mol. The highest BCUT2D eigenvalue weighted by Gasteiger charge is 2.61. The second-order valence-electron chi connectivity index (χ2n) is 12.4. The number of ether oxygens (including phenoxy) is 1. The molecule has 1 unspecified atom stereocenters. The number of likely N-dealkylation sites (tertiary alicyclic amines) is 1. The number of alkyl halides is 2. The van der Waals surface area contributed by atoms with Gasteiger partial charge in [0.2, 0.25) is 0 Å². The third-order valence-corrected chi connectivity index (χ3v) is 10.2. The summed E-state index contributed by atoms with van der Waals surface area (Å²) in [4.78, 5) is 29.1. The fraction of sp³-hybridized carbons (Fsp3) is 0.516. The van der Waals surface area contributed by atoms with Gasteiger partial charge in [0.1, 0.15) is 18.0 Å².